The monoisotopic (exact) mass is 320 g/mol. The molecule has 0 N–H and O–H groups in total. The Kier molecular flexibility index (Phi) is 5.34. The van der Waals surface area contributed by atoms with Crippen molar-refractivity contribution in [2.75, 3.05) is 0 Å². The van der Waals surface area contributed by atoms with E-state index < -0.39 is 24.7 Å². The van der Waals surface area contributed by atoms with Gasteiger partial charge in [0.1, 0.15) is 18.5 Å². The van der Waals surface area contributed by atoms with Gasteiger partial charge in [-0.1, -0.05) is 0 Å². The highest BCUT2D eigenvalue weighted by Crippen LogP contribution is 2.45. The van der Waals surface area contributed by atoms with Gasteiger partial charge in [0.2, 0.25) is 0 Å². The standard InChI is InChI=1S/C18H28F4/c19-15-7-5-12(6-8-15)11-1-3-13(4-2-11)14-9-16(20)18(22)17(21)10-14/h11-18H,1-10H2. The summed E-state index contributed by atoms with van der Waals surface area (Å²) in [6.07, 6.45) is 2.30. The molecule has 0 heterocycles. The van der Waals surface area contributed by atoms with E-state index in [1.165, 1.54) is 0 Å². The smallest absolute Gasteiger partial charge is 0.162 e. The van der Waals surface area contributed by atoms with E-state index in [9.17, 15) is 17.6 Å². The molecule has 3 fully saturated rings. The quantitative estimate of drug-likeness (QED) is 0.569. The second-order valence-corrected chi connectivity index (χ2v) is 7.89. The Bertz CT molecular complexity index is 333. The Balaban J connectivity index is 1.47. The van der Waals surface area contributed by atoms with Gasteiger partial charge in [0, 0.05) is 0 Å². The first-order valence-electron chi connectivity index (χ1n) is 9.11. The van der Waals surface area contributed by atoms with Crippen LogP contribution in [0.3, 0.4) is 0 Å². The van der Waals surface area contributed by atoms with E-state index in [-0.39, 0.29) is 18.8 Å². The number of rotatable bonds is 2. The topological polar surface area (TPSA) is 0 Å². The lowest BCUT2D eigenvalue weighted by Crippen LogP contribution is -2.40. The highest BCUT2D eigenvalue weighted by Gasteiger charge is 2.42. The first kappa shape index (κ1) is 16.6. The largest absolute Gasteiger partial charge is 0.247 e. The predicted octanol–water partition coefficient (Wildman–Crippen LogP) is 5.75. The van der Waals surface area contributed by atoms with Crippen molar-refractivity contribution in [3.8, 4) is 0 Å². The number of hydrogen-bond acceptors (Lipinski definition) is 0. The second-order valence-electron chi connectivity index (χ2n) is 7.89. The van der Waals surface area contributed by atoms with Gasteiger partial charge in [-0.25, -0.2) is 17.6 Å². The van der Waals surface area contributed by atoms with Crippen LogP contribution in [0.1, 0.15) is 64.2 Å². The van der Waals surface area contributed by atoms with Crippen molar-refractivity contribution in [3.05, 3.63) is 0 Å². The Labute approximate surface area is 131 Å². The molecule has 0 nitrogen and oxygen atoms in total. The van der Waals surface area contributed by atoms with Crippen LogP contribution < -0.4 is 0 Å². The van der Waals surface area contributed by atoms with Gasteiger partial charge >= 0.3 is 0 Å². The Hall–Kier alpha value is -0.280. The maximum atomic E-state index is 13.6. The van der Waals surface area contributed by atoms with Crippen LogP contribution in [0.25, 0.3) is 0 Å². The van der Waals surface area contributed by atoms with E-state index in [4.69, 9.17) is 0 Å². The molecule has 0 radical (unpaired) electrons. The van der Waals surface area contributed by atoms with Crippen molar-refractivity contribution in [3.63, 3.8) is 0 Å². The molecule has 0 amide bonds. The Morgan fingerprint density at radius 2 is 0.818 bits per heavy atom. The minimum atomic E-state index is -1.91. The molecular weight excluding hydrogens is 292 g/mol. The summed E-state index contributed by atoms with van der Waals surface area (Å²) in [4.78, 5) is 0. The number of alkyl halides is 4. The predicted molar refractivity (Wildman–Crippen MR) is 79.7 cm³/mol. The van der Waals surface area contributed by atoms with E-state index >= 15 is 0 Å². The van der Waals surface area contributed by atoms with Crippen LogP contribution in [-0.4, -0.2) is 24.7 Å². The minimum absolute atomic E-state index is 0.0135. The summed E-state index contributed by atoms with van der Waals surface area (Å²) in [6, 6.07) is 0. The molecule has 3 rings (SSSR count). The zero-order valence-electron chi connectivity index (χ0n) is 13.2. The van der Waals surface area contributed by atoms with Crippen molar-refractivity contribution >= 4 is 0 Å². The fourth-order valence-corrected chi connectivity index (χ4v) is 5.18. The van der Waals surface area contributed by atoms with Crippen LogP contribution in [0.4, 0.5) is 17.6 Å². The molecule has 0 aliphatic heterocycles. The molecule has 0 aromatic rings. The lowest BCUT2D eigenvalue weighted by molar-refractivity contribution is -0.00719. The molecule has 4 heteroatoms. The number of halogens is 4. The second kappa shape index (κ2) is 7.09. The summed E-state index contributed by atoms with van der Waals surface area (Å²) in [5.74, 6) is 1.69. The van der Waals surface area contributed by atoms with Crippen molar-refractivity contribution in [1.82, 2.24) is 0 Å². The maximum Gasteiger partial charge on any atom is 0.162 e. The summed E-state index contributed by atoms with van der Waals surface area (Å²) in [6.45, 7) is 0. The molecule has 0 spiro atoms. The normalized spacial score (nSPS) is 50.7. The van der Waals surface area contributed by atoms with E-state index in [1.54, 1.807) is 0 Å². The summed E-state index contributed by atoms with van der Waals surface area (Å²) >= 11 is 0. The van der Waals surface area contributed by atoms with Crippen LogP contribution in [0.2, 0.25) is 0 Å². The van der Waals surface area contributed by atoms with Crippen LogP contribution in [-0.2, 0) is 0 Å². The van der Waals surface area contributed by atoms with Crippen molar-refractivity contribution < 1.29 is 17.6 Å². The molecule has 0 aromatic heterocycles. The highest BCUT2D eigenvalue weighted by atomic mass is 19.2. The molecule has 128 valence electrons. The van der Waals surface area contributed by atoms with Crippen molar-refractivity contribution in [2.24, 2.45) is 23.7 Å². The molecular formula is C18H28F4. The third-order valence-electron chi connectivity index (χ3n) is 6.60. The summed E-state index contributed by atoms with van der Waals surface area (Å²) in [5, 5.41) is 0. The summed E-state index contributed by atoms with van der Waals surface area (Å²) in [5.41, 5.74) is 0. The summed E-state index contributed by atoms with van der Waals surface area (Å²) < 4.78 is 53.7. The Morgan fingerprint density at radius 3 is 1.27 bits per heavy atom. The number of hydrogen-bond donors (Lipinski definition) is 0. The third kappa shape index (κ3) is 3.62. The van der Waals surface area contributed by atoms with E-state index in [0.29, 0.717) is 30.6 Å². The molecule has 0 aromatic carbocycles. The van der Waals surface area contributed by atoms with Crippen LogP contribution >= 0.6 is 0 Å². The minimum Gasteiger partial charge on any atom is -0.247 e. The molecule has 0 saturated heterocycles. The van der Waals surface area contributed by atoms with Crippen molar-refractivity contribution in [2.45, 2.75) is 88.9 Å². The van der Waals surface area contributed by atoms with E-state index in [2.05, 4.69) is 0 Å². The van der Waals surface area contributed by atoms with Gasteiger partial charge in [0.25, 0.3) is 0 Å². The molecule has 3 aliphatic rings. The van der Waals surface area contributed by atoms with Gasteiger partial charge in [-0.2, -0.15) is 0 Å². The average Bonchev–Trinajstić information content (AvgIpc) is 2.53. The molecule has 22 heavy (non-hydrogen) atoms. The Morgan fingerprint density at radius 1 is 0.455 bits per heavy atom. The van der Waals surface area contributed by atoms with Crippen LogP contribution in [0, 0.1) is 23.7 Å². The zero-order valence-corrected chi connectivity index (χ0v) is 13.2. The third-order valence-corrected chi connectivity index (χ3v) is 6.60. The van der Waals surface area contributed by atoms with Crippen LogP contribution in [0.5, 0.6) is 0 Å². The van der Waals surface area contributed by atoms with E-state index in [1.807, 2.05) is 0 Å². The van der Waals surface area contributed by atoms with Gasteiger partial charge in [-0.15, -0.1) is 0 Å². The van der Waals surface area contributed by atoms with E-state index in [0.717, 1.165) is 38.5 Å². The first-order valence-corrected chi connectivity index (χ1v) is 9.11. The SMILES string of the molecule is FC1CCC(C2CCC(C3CC(F)C(F)C(F)C3)CC2)CC1. The highest BCUT2D eigenvalue weighted by molar-refractivity contribution is 4.91. The lowest BCUT2D eigenvalue weighted by atomic mass is 9.66. The fraction of sp³-hybridized carbons (Fsp3) is 1.00. The lowest BCUT2D eigenvalue weighted by Gasteiger charge is -2.41. The summed E-state index contributed by atoms with van der Waals surface area (Å²) in [7, 11) is 0. The van der Waals surface area contributed by atoms with Gasteiger partial charge in [0.05, 0.1) is 0 Å². The van der Waals surface area contributed by atoms with Gasteiger partial charge in [0.15, 0.2) is 6.17 Å². The molecule has 3 aliphatic carbocycles. The van der Waals surface area contributed by atoms with Gasteiger partial charge < -0.3 is 0 Å². The maximum absolute atomic E-state index is 13.6. The van der Waals surface area contributed by atoms with Gasteiger partial charge in [-0.05, 0) is 87.9 Å². The molecule has 2 atom stereocenters. The fourth-order valence-electron chi connectivity index (χ4n) is 5.18. The van der Waals surface area contributed by atoms with Gasteiger partial charge in [-0.3, -0.25) is 0 Å². The molecule has 2 unspecified atom stereocenters. The van der Waals surface area contributed by atoms with Crippen LogP contribution in [0.15, 0.2) is 0 Å². The van der Waals surface area contributed by atoms with Crippen molar-refractivity contribution in [1.29, 1.82) is 0 Å². The molecule has 3 saturated carbocycles. The molecule has 0 bridgehead atoms. The zero-order chi connectivity index (χ0) is 15.7. The first-order chi connectivity index (χ1) is 10.5. The average molecular weight is 320 g/mol.